The summed E-state index contributed by atoms with van der Waals surface area (Å²) in [5, 5.41) is 21.6. The molecule has 2 aliphatic heterocycles. The number of phenols is 1. The normalized spacial score (nSPS) is 22.6. The van der Waals surface area contributed by atoms with Crippen LogP contribution in [0.5, 0.6) is 11.5 Å². The lowest BCUT2D eigenvalue weighted by atomic mass is 9.84. The highest BCUT2D eigenvalue weighted by atomic mass is 16.5. The maximum absolute atomic E-state index is 13.1. The Morgan fingerprint density at radius 2 is 1.94 bits per heavy atom. The first-order valence-electron chi connectivity index (χ1n) is 12.3. The van der Waals surface area contributed by atoms with Gasteiger partial charge in [0.05, 0.1) is 18.2 Å². The van der Waals surface area contributed by atoms with Crippen LogP contribution in [0.2, 0.25) is 0 Å². The Kier molecular flexibility index (Phi) is 8.09. The van der Waals surface area contributed by atoms with Crippen molar-refractivity contribution in [2.24, 2.45) is 0 Å². The van der Waals surface area contributed by atoms with E-state index in [2.05, 4.69) is 32.9 Å². The van der Waals surface area contributed by atoms with Crippen LogP contribution < -0.4 is 4.74 Å². The van der Waals surface area contributed by atoms with Crippen LogP contribution >= 0.6 is 0 Å². The number of fused-ring (bicyclic) bond motifs is 3. The Morgan fingerprint density at radius 1 is 1.21 bits per heavy atom. The Hall–Kier alpha value is -2.79. The fraction of sp³-hybridized carbons (Fsp3) is 0.483. The monoisotopic (exact) mass is 465 g/mol. The van der Waals surface area contributed by atoms with Crippen LogP contribution in [-0.2, 0) is 13.0 Å². The minimum atomic E-state index is -0.797. The van der Waals surface area contributed by atoms with Crippen LogP contribution in [0.15, 0.2) is 53.3 Å². The summed E-state index contributed by atoms with van der Waals surface area (Å²) in [4.78, 5) is 14.8. The summed E-state index contributed by atoms with van der Waals surface area (Å²) in [5.41, 5.74) is 4.51. The lowest BCUT2D eigenvalue weighted by Gasteiger charge is -2.40. The van der Waals surface area contributed by atoms with Crippen molar-refractivity contribution in [3.05, 3.63) is 70.0 Å². The van der Waals surface area contributed by atoms with Crippen molar-refractivity contribution in [2.75, 3.05) is 0 Å². The van der Waals surface area contributed by atoms with Crippen LogP contribution in [0, 0.1) is 0 Å². The minimum Gasteiger partial charge on any atom is -0.508 e. The van der Waals surface area contributed by atoms with Crippen molar-refractivity contribution >= 4 is 5.91 Å². The molecule has 0 aliphatic carbocycles. The molecule has 0 radical (unpaired) electrons. The molecule has 1 aromatic rings. The first kappa shape index (κ1) is 25.8. The molecule has 1 amide bonds. The van der Waals surface area contributed by atoms with E-state index in [1.807, 2.05) is 39.0 Å². The van der Waals surface area contributed by atoms with Gasteiger partial charge in [-0.15, -0.1) is 0 Å². The molecule has 5 nitrogen and oxygen atoms in total. The third-order valence-electron chi connectivity index (χ3n) is 6.86. The van der Waals surface area contributed by atoms with Gasteiger partial charge in [-0.1, -0.05) is 35.5 Å². The highest BCUT2D eigenvalue weighted by molar-refractivity contribution is 6.01. The fourth-order valence-corrected chi connectivity index (χ4v) is 4.72. The number of carbonyl (C=O) groups is 1. The average Bonchev–Trinajstić information content (AvgIpc) is 3.09. The standard InChI is InChI=1S/C29H39NO4/c1-7-11-21(8-2)30-18-24-22(28(30)33)16-25(31)23-17-26(32)29(6,34-27(23)24)15-10-14-20(5)13-9-12-19(3)4/h7-8,11-12,14,16,26,31-32H,9-10,13,15,17-18H2,1-6H3/b11-7-,20-14+,21-8+. The number of rotatable bonds is 8. The first-order valence-corrected chi connectivity index (χ1v) is 12.3. The van der Waals surface area contributed by atoms with Gasteiger partial charge in [0.15, 0.2) is 0 Å². The number of allylic oxidation sites excluding steroid dienone is 7. The topological polar surface area (TPSA) is 70.0 Å². The lowest BCUT2D eigenvalue weighted by molar-refractivity contribution is -0.0598. The summed E-state index contributed by atoms with van der Waals surface area (Å²) >= 11 is 0. The molecule has 2 unspecified atom stereocenters. The number of amides is 1. The number of benzene rings is 1. The summed E-state index contributed by atoms with van der Waals surface area (Å²) in [5.74, 6) is 0.414. The largest absolute Gasteiger partial charge is 0.508 e. The van der Waals surface area contributed by atoms with Gasteiger partial charge in [-0.05, 0) is 79.4 Å². The highest BCUT2D eigenvalue weighted by Crippen LogP contribution is 2.46. The predicted octanol–water partition coefficient (Wildman–Crippen LogP) is 6.36. The van der Waals surface area contributed by atoms with Crippen molar-refractivity contribution in [3.8, 4) is 11.5 Å². The van der Waals surface area contributed by atoms with Crippen molar-refractivity contribution < 1.29 is 19.7 Å². The molecule has 0 saturated heterocycles. The van der Waals surface area contributed by atoms with Gasteiger partial charge in [-0.2, -0.15) is 0 Å². The summed E-state index contributed by atoms with van der Waals surface area (Å²) in [6.07, 6.45) is 13.2. The molecule has 2 N–H and O–H groups in total. The quantitative estimate of drug-likeness (QED) is 0.346. The van der Waals surface area contributed by atoms with E-state index in [9.17, 15) is 15.0 Å². The van der Waals surface area contributed by atoms with Gasteiger partial charge in [0, 0.05) is 23.2 Å². The van der Waals surface area contributed by atoms with E-state index in [1.165, 1.54) is 17.2 Å². The van der Waals surface area contributed by atoms with Gasteiger partial charge in [-0.25, -0.2) is 0 Å². The van der Waals surface area contributed by atoms with Gasteiger partial charge >= 0.3 is 0 Å². The molecule has 0 bridgehead atoms. The molecule has 0 fully saturated rings. The highest BCUT2D eigenvalue weighted by Gasteiger charge is 2.44. The van der Waals surface area contributed by atoms with Crippen molar-refractivity contribution in [2.45, 2.75) is 91.9 Å². The molecule has 1 aromatic carbocycles. The molecular weight excluding hydrogens is 426 g/mol. The molecule has 5 heteroatoms. The summed E-state index contributed by atoms with van der Waals surface area (Å²) in [6, 6.07) is 1.52. The SMILES string of the molecule is C/C=C\C(=C/C)N1Cc2c(cc(O)c3c2OC(C)(CC/C=C(\C)CCC=C(C)C)C(O)C3)C1=O. The van der Waals surface area contributed by atoms with Gasteiger partial charge in [0.2, 0.25) is 0 Å². The summed E-state index contributed by atoms with van der Waals surface area (Å²) in [7, 11) is 0. The zero-order valence-corrected chi connectivity index (χ0v) is 21.4. The number of ether oxygens (including phenoxy) is 1. The summed E-state index contributed by atoms with van der Waals surface area (Å²) in [6.45, 7) is 12.5. The van der Waals surface area contributed by atoms with Gasteiger partial charge < -0.3 is 19.8 Å². The van der Waals surface area contributed by atoms with Crippen LogP contribution in [-0.4, -0.2) is 32.7 Å². The zero-order valence-electron chi connectivity index (χ0n) is 21.4. The minimum absolute atomic E-state index is 0.00752. The number of hydrogen-bond acceptors (Lipinski definition) is 4. The molecule has 2 heterocycles. The summed E-state index contributed by atoms with van der Waals surface area (Å²) < 4.78 is 6.45. The Bertz CT molecular complexity index is 1060. The Morgan fingerprint density at radius 3 is 2.59 bits per heavy atom. The Labute approximate surface area is 204 Å². The van der Waals surface area contributed by atoms with Crippen LogP contribution in [0.1, 0.15) is 88.7 Å². The molecule has 0 saturated carbocycles. The van der Waals surface area contributed by atoms with E-state index in [-0.39, 0.29) is 11.7 Å². The average molecular weight is 466 g/mol. The predicted molar refractivity (Wildman–Crippen MR) is 137 cm³/mol. The third-order valence-corrected chi connectivity index (χ3v) is 6.86. The van der Waals surface area contributed by atoms with Crippen LogP contribution in [0.3, 0.4) is 0 Å². The molecule has 184 valence electrons. The fourth-order valence-electron chi connectivity index (χ4n) is 4.72. The number of aromatic hydroxyl groups is 1. The third kappa shape index (κ3) is 5.30. The van der Waals surface area contributed by atoms with Crippen molar-refractivity contribution in [1.82, 2.24) is 4.90 Å². The van der Waals surface area contributed by atoms with Gasteiger partial charge in [0.1, 0.15) is 17.1 Å². The van der Waals surface area contributed by atoms with Gasteiger partial charge in [0.25, 0.3) is 5.91 Å². The maximum Gasteiger partial charge on any atom is 0.259 e. The first-order chi connectivity index (χ1) is 16.1. The second-order valence-corrected chi connectivity index (χ2v) is 9.88. The molecule has 34 heavy (non-hydrogen) atoms. The van der Waals surface area contributed by atoms with E-state index in [0.717, 1.165) is 30.5 Å². The maximum atomic E-state index is 13.1. The molecular formula is C29H39NO4. The molecule has 2 atom stereocenters. The van der Waals surface area contributed by atoms with E-state index in [4.69, 9.17) is 4.74 Å². The van der Waals surface area contributed by atoms with E-state index in [0.29, 0.717) is 36.3 Å². The lowest BCUT2D eigenvalue weighted by Crippen LogP contribution is -2.49. The number of phenolic OH excluding ortho intramolecular Hbond substituents is 1. The number of carbonyl (C=O) groups excluding carboxylic acids is 1. The van der Waals surface area contributed by atoms with Crippen LogP contribution in [0.4, 0.5) is 0 Å². The van der Waals surface area contributed by atoms with Gasteiger partial charge in [-0.3, -0.25) is 4.79 Å². The Balaban J connectivity index is 1.83. The molecule has 0 spiro atoms. The molecule has 0 aromatic heterocycles. The smallest absolute Gasteiger partial charge is 0.259 e. The van der Waals surface area contributed by atoms with E-state index in [1.54, 1.807) is 4.90 Å². The molecule has 2 aliphatic rings. The van der Waals surface area contributed by atoms with E-state index >= 15 is 0 Å². The van der Waals surface area contributed by atoms with E-state index < -0.39 is 11.7 Å². The number of hydrogen-bond donors (Lipinski definition) is 2. The zero-order chi connectivity index (χ0) is 25.0. The number of aliphatic hydroxyl groups excluding tert-OH is 1. The van der Waals surface area contributed by atoms with Crippen molar-refractivity contribution in [3.63, 3.8) is 0 Å². The number of nitrogens with zero attached hydrogens (tertiary/aromatic N) is 1. The number of aliphatic hydroxyl groups is 1. The van der Waals surface area contributed by atoms with Crippen molar-refractivity contribution in [1.29, 1.82) is 0 Å². The second kappa shape index (κ2) is 10.6. The van der Waals surface area contributed by atoms with Crippen LogP contribution in [0.25, 0.3) is 0 Å². The molecule has 3 rings (SSSR count). The second-order valence-electron chi connectivity index (χ2n) is 9.88.